The minimum absolute atomic E-state index is 0.114. The average Bonchev–Trinajstić information content (AvgIpc) is 3.10. The number of anilines is 1. The van der Waals surface area contributed by atoms with Crippen LogP contribution in [0.2, 0.25) is 0 Å². The SMILES string of the molecule is CC[C@@]1(c2ccc(OC)cc2)NC(=O)N(Cc2ccc(C(=O)Nc3ccccc3)cc2)C1=O. The highest BCUT2D eigenvalue weighted by Gasteiger charge is 2.51. The van der Waals surface area contributed by atoms with Crippen LogP contribution in [0, 0.1) is 0 Å². The van der Waals surface area contributed by atoms with E-state index in [9.17, 15) is 14.4 Å². The number of carbonyl (C=O) groups excluding carboxylic acids is 3. The summed E-state index contributed by atoms with van der Waals surface area (Å²) in [5.41, 5.74) is 1.54. The third-order valence-corrected chi connectivity index (χ3v) is 5.88. The van der Waals surface area contributed by atoms with Gasteiger partial charge >= 0.3 is 6.03 Å². The second-order valence-electron chi connectivity index (χ2n) is 7.83. The number of amides is 4. The molecule has 1 heterocycles. The molecule has 1 fully saturated rings. The molecule has 168 valence electrons. The first-order chi connectivity index (χ1) is 16.0. The van der Waals surface area contributed by atoms with E-state index in [2.05, 4.69) is 10.6 Å². The Kier molecular flexibility index (Phi) is 6.13. The molecule has 7 nitrogen and oxygen atoms in total. The maximum absolute atomic E-state index is 13.4. The summed E-state index contributed by atoms with van der Waals surface area (Å²) in [7, 11) is 1.57. The van der Waals surface area contributed by atoms with Crippen molar-refractivity contribution in [3.8, 4) is 5.75 Å². The van der Waals surface area contributed by atoms with Crippen LogP contribution in [0.15, 0.2) is 78.9 Å². The van der Waals surface area contributed by atoms with Crippen LogP contribution >= 0.6 is 0 Å². The quantitative estimate of drug-likeness (QED) is 0.533. The molecule has 0 bridgehead atoms. The molecule has 7 heteroatoms. The van der Waals surface area contributed by atoms with Gasteiger partial charge in [0.25, 0.3) is 11.8 Å². The molecule has 0 radical (unpaired) electrons. The van der Waals surface area contributed by atoms with Gasteiger partial charge in [0, 0.05) is 11.3 Å². The largest absolute Gasteiger partial charge is 0.497 e. The minimum atomic E-state index is -1.11. The number of nitrogens with one attached hydrogen (secondary N) is 2. The van der Waals surface area contributed by atoms with E-state index in [4.69, 9.17) is 4.74 Å². The van der Waals surface area contributed by atoms with Crippen molar-refractivity contribution in [2.75, 3.05) is 12.4 Å². The summed E-state index contributed by atoms with van der Waals surface area (Å²) in [6.45, 7) is 1.98. The molecule has 0 spiro atoms. The van der Waals surface area contributed by atoms with Gasteiger partial charge < -0.3 is 15.4 Å². The Balaban J connectivity index is 1.48. The lowest BCUT2D eigenvalue weighted by atomic mass is 9.87. The second kappa shape index (κ2) is 9.16. The summed E-state index contributed by atoms with van der Waals surface area (Å²) in [5.74, 6) is 0.147. The number of imide groups is 1. The highest BCUT2D eigenvalue weighted by Crippen LogP contribution is 2.34. The van der Waals surface area contributed by atoms with Crippen LogP contribution in [0.5, 0.6) is 5.75 Å². The van der Waals surface area contributed by atoms with E-state index in [0.717, 1.165) is 5.56 Å². The van der Waals surface area contributed by atoms with Crippen LogP contribution in [0.4, 0.5) is 10.5 Å². The van der Waals surface area contributed by atoms with Crippen LogP contribution in [0.1, 0.15) is 34.8 Å². The molecule has 1 aliphatic heterocycles. The Labute approximate surface area is 192 Å². The fourth-order valence-electron chi connectivity index (χ4n) is 3.95. The van der Waals surface area contributed by atoms with Crippen molar-refractivity contribution < 1.29 is 19.1 Å². The summed E-state index contributed by atoms with van der Waals surface area (Å²) in [5, 5.41) is 5.71. The van der Waals surface area contributed by atoms with Gasteiger partial charge in [-0.05, 0) is 53.9 Å². The second-order valence-corrected chi connectivity index (χ2v) is 7.83. The monoisotopic (exact) mass is 443 g/mol. The predicted molar refractivity (Wildman–Crippen MR) is 125 cm³/mol. The Morgan fingerprint density at radius 3 is 2.24 bits per heavy atom. The van der Waals surface area contributed by atoms with Crippen LogP contribution in [0.25, 0.3) is 0 Å². The zero-order chi connectivity index (χ0) is 23.4. The van der Waals surface area contributed by atoms with Gasteiger partial charge in [-0.2, -0.15) is 0 Å². The zero-order valence-corrected chi connectivity index (χ0v) is 18.5. The highest BCUT2D eigenvalue weighted by molar-refractivity contribution is 6.07. The topological polar surface area (TPSA) is 87.7 Å². The number of nitrogens with zero attached hydrogens (tertiary/aromatic N) is 1. The lowest BCUT2D eigenvalue weighted by Gasteiger charge is -2.26. The number of rotatable bonds is 7. The van der Waals surface area contributed by atoms with E-state index >= 15 is 0 Å². The first-order valence-electron chi connectivity index (χ1n) is 10.7. The van der Waals surface area contributed by atoms with Gasteiger partial charge in [-0.3, -0.25) is 14.5 Å². The maximum atomic E-state index is 13.4. The number of methoxy groups -OCH3 is 1. The number of para-hydroxylation sites is 1. The molecule has 2 N–H and O–H groups in total. The molecule has 0 unspecified atom stereocenters. The molecule has 1 atom stereocenters. The van der Waals surface area contributed by atoms with Crippen molar-refractivity contribution in [1.29, 1.82) is 0 Å². The number of carbonyl (C=O) groups is 3. The first kappa shape index (κ1) is 22.1. The van der Waals surface area contributed by atoms with Gasteiger partial charge in [-0.25, -0.2) is 4.79 Å². The highest BCUT2D eigenvalue weighted by atomic mass is 16.5. The lowest BCUT2D eigenvalue weighted by Crippen LogP contribution is -2.43. The van der Waals surface area contributed by atoms with Crippen molar-refractivity contribution in [3.63, 3.8) is 0 Å². The molecular weight excluding hydrogens is 418 g/mol. The van der Waals surface area contributed by atoms with Crippen molar-refractivity contribution in [2.24, 2.45) is 0 Å². The molecule has 33 heavy (non-hydrogen) atoms. The van der Waals surface area contributed by atoms with Gasteiger partial charge in [-0.15, -0.1) is 0 Å². The van der Waals surface area contributed by atoms with Gasteiger partial charge in [-0.1, -0.05) is 49.4 Å². The summed E-state index contributed by atoms with van der Waals surface area (Å²) in [6, 6.07) is 22.8. The summed E-state index contributed by atoms with van der Waals surface area (Å²) >= 11 is 0. The van der Waals surface area contributed by atoms with Crippen LogP contribution in [-0.4, -0.2) is 29.9 Å². The van der Waals surface area contributed by atoms with Crippen molar-refractivity contribution in [1.82, 2.24) is 10.2 Å². The molecule has 1 aliphatic rings. The van der Waals surface area contributed by atoms with E-state index in [1.165, 1.54) is 4.90 Å². The van der Waals surface area contributed by atoms with E-state index < -0.39 is 11.6 Å². The Hall–Kier alpha value is -4.13. The fourth-order valence-corrected chi connectivity index (χ4v) is 3.95. The number of hydrogen-bond donors (Lipinski definition) is 2. The molecule has 0 aliphatic carbocycles. The third-order valence-electron chi connectivity index (χ3n) is 5.88. The number of benzene rings is 3. The van der Waals surface area contributed by atoms with E-state index in [1.54, 1.807) is 55.6 Å². The standard InChI is InChI=1S/C26H25N3O4/c1-3-26(20-13-15-22(33-2)16-14-20)24(31)29(25(32)28-26)17-18-9-11-19(12-10-18)23(30)27-21-7-5-4-6-8-21/h4-16H,3,17H2,1-2H3,(H,27,30)(H,28,32)/t26-/m0/s1. The molecule has 4 rings (SSSR count). The molecule has 3 aromatic rings. The van der Waals surface area contributed by atoms with Crippen LogP contribution in [-0.2, 0) is 16.9 Å². The third kappa shape index (κ3) is 4.30. The van der Waals surface area contributed by atoms with Gasteiger partial charge in [0.1, 0.15) is 11.3 Å². The molecule has 0 aromatic heterocycles. The summed E-state index contributed by atoms with van der Waals surface area (Å²) in [4.78, 5) is 39.8. The predicted octanol–water partition coefficient (Wildman–Crippen LogP) is 4.30. The molecule has 3 aromatic carbocycles. The smallest absolute Gasteiger partial charge is 0.325 e. The minimum Gasteiger partial charge on any atom is -0.497 e. The number of ether oxygens (including phenoxy) is 1. The van der Waals surface area contributed by atoms with E-state index in [1.807, 2.05) is 37.3 Å². The zero-order valence-electron chi connectivity index (χ0n) is 18.5. The van der Waals surface area contributed by atoms with Crippen molar-refractivity contribution in [3.05, 3.63) is 95.6 Å². The average molecular weight is 444 g/mol. The van der Waals surface area contributed by atoms with Crippen LogP contribution < -0.4 is 15.4 Å². The van der Waals surface area contributed by atoms with E-state index in [-0.39, 0.29) is 18.4 Å². The summed E-state index contributed by atoms with van der Waals surface area (Å²) < 4.78 is 5.19. The number of urea groups is 1. The lowest BCUT2D eigenvalue weighted by molar-refractivity contribution is -0.132. The van der Waals surface area contributed by atoms with Gasteiger partial charge in [0.2, 0.25) is 0 Å². The Morgan fingerprint density at radius 1 is 0.970 bits per heavy atom. The van der Waals surface area contributed by atoms with Crippen molar-refractivity contribution in [2.45, 2.75) is 25.4 Å². The van der Waals surface area contributed by atoms with E-state index in [0.29, 0.717) is 29.0 Å². The molecule has 4 amide bonds. The van der Waals surface area contributed by atoms with Gasteiger partial charge in [0.15, 0.2) is 0 Å². The normalized spacial score (nSPS) is 17.6. The number of hydrogen-bond acceptors (Lipinski definition) is 4. The first-order valence-corrected chi connectivity index (χ1v) is 10.7. The fraction of sp³-hybridized carbons (Fsp3) is 0.192. The maximum Gasteiger partial charge on any atom is 0.325 e. The Bertz CT molecular complexity index is 1160. The summed E-state index contributed by atoms with van der Waals surface area (Å²) in [6.07, 6.45) is 0.416. The van der Waals surface area contributed by atoms with Crippen LogP contribution in [0.3, 0.4) is 0 Å². The molecule has 0 saturated carbocycles. The van der Waals surface area contributed by atoms with Gasteiger partial charge in [0.05, 0.1) is 13.7 Å². The molecule has 1 saturated heterocycles. The van der Waals surface area contributed by atoms with Crippen molar-refractivity contribution >= 4 is 23.5 Å². The Morgan fingerprint density at radius 2 is 1.64 bits per heavy atom. The molecular formula is C26H25N3O4.